The summed E-state index contributed by atoms with van der Waals surface area (Å²) in [5.41, 5.74) is 0. The molecule has 0 spiro atoms. The minimum absolute atomic E-state index is 0.0821. The van der Waals surface area contributed by atoms with Gasteiger partial charge in [0.15, 0.2) is 0 Å². The quantitative estimate of drug-likeness (QED) is 0.492. The number of urea groups is 1. The molecule has 0 saturated carbocycles. The first kappa shape index (κ1) is 7.34. The third-order valence-corrected chi connectivity index (χ3v) is 1.70. The van der Waals surface area contributed by atoms with Crippen LogP contribution >= 0.6 is 0 Å². The van der Waals surface area contributed by atoms with Gasteiger partial charge in [0.2, 0.25) is 0 Å². The van der Waals surface area contributed by atoms with E-state index in [1.807, 2.05) is 6.92 Å². The second-order valence-corrected chi connectivity index (χ2v) is 2.68. The predicted molar refractivity (Wildman–Crippen MR) is 36.4 cm³/mol. The van der Waals surface area contributed by atoms with E-state index in [9.17, 15) is 9.90 Å². The van der Waals surface area contributed by atoms with Crippen LogP contribution in [0.1, 0.15) is 13.3 Å². The van der Waals surface area contributed by atoms with Gasteiger partial charge in [-0.2, -0.15) is 0 Å². The molecule has 0 unspecified atom stereocenters. The van der Waals surface area contributed by atoms with Gasteiger partial charge in [-0.25, -0.2) is 4.79 Å². The van der Waals surface area contributed by atoms with Crippen LogP contribution in [0.25, 0.3) is 0 Å². The monoisotopic (exact) mass is 144 g/mol. The van der Waals surface area contributed by atoms with Crippen molar-refractivity contribution >= 4 is 6.03 Å². The molecule has 0 aromatic carbocycles. The Hall–Kier alpha value is -0.770. The number of amides is 2. The van der Waals surface area contributed by atoms with E-state index in [1.54, 1.807) is 7.05 Å². The second kappa shape index (κ2) is 2.46. The molecular weight excluding hydrogens is 132 g/mol. The summed E-state index contributed by atoms with van der Waals surface area (Å²) in [6.45, 7) is 1.87. The number of hydrogen-bond donors (Lipinski definition) is 2. The molecule has 2 amide bonds. The summed E-state index contributed by atoms with van der Waals surface area (Å²) in [7, 11) is 1.58. The maximum Gasteiger partial charge on any atom is 0.319 e. The van der Waals surface area contributed by atoms with Crippen LogP contribution in [0.5, 0.6) is 0 Å². The molecule has 2 atom stereocenters. The number of aliphatic hydroxyl groups is 1. The topological polar surface area (TPSA) is 52.6 Å². The van der Waals surface area contributed by atoms with Crippen molar-refractivity contribution in [3.8, 4) is 0 Å². The van der Waals surface area contributed by atoms with Crippen molar-refractivity contribution in [2.75, 3.05) is 7.05 Å². The van der Waals surface area contributed by atoms with Gasteiger partial charge in [-0.3, -0.25) is 0 Å². The summed E-state index contributed by atoms with van der Waals surface area (Å²) >= 11 is 0. The van der Waals surface area contributed by atoms with Gasteiger partial charge in [0.1, 0.15) is 6.23 Å². The maximum absolute atomic E-state index is 10.9. The molecule has 10 heavy (non-hydrogen) atoms. The first-order valence-corrected chi connectivity index (χ1v) is 3.32. The average Bonchev–Trinajstić information content (AvgIpc) is 1.82. The molecule has 1 heterocycles. The van der Waals surface area contributed by atoms with Gasteiger partial charge in [0.25, 0.3) is 0 Å². The Bertz CT molecular complexity index is 149. The summed E-state index contributed by atoms with van der Waals surface area (Å²) in [5, 5.41) is 11.9. The lowest BCUT2D eigenvalue weighted by Gasteiger charge is -2.32. The van der Waals surface area contributed by atoms with E-state index in [2.05, 4.69) is 5.32 Å². The molecule has 58 valence electrons. The highest BCUT2D eigenvalue weighted by Gasteiger charge is 2.26. The Morgan fingerprint density at radius 1 is 1.80 bits per heavy atom. The zero-order chi connectivity index (χ0) is 7.72. The first-order valence-electron chi connectivity index (χ1n) is 3.32. The van der Waals surface area contributed by atoms with E-state index < -0.39 is 6.23 Å². The van der Waals surface area contributed by atoms with Crippen molar-refractivity contribution in [1.29, 1.82) is 0 Å². The van der Waals surface area contributed by atoms with Crippen molar-refractivity contribution in [2.24, 2.45) is 0 Å². The van der Waals surface area contributed by atoms with Gasteiger partial charge >= 0.3 is 6.03 Å². The van der Waals surface area contributed by atoms with Crippen LogP contribution in [0.3, 0.4) is 0 Å². The third kappa shape index (κ3) is 1.21. The molecule has 2 N–H and O–H groups in total. The van der Waals surface area contributed by atoms with Crippen molar-refractivity contribution in [3.05, 3.63) is 0 Å². The van der Waals surface area contributed by atoms with Crippen LogP contribution in [-0.4, -0.2) is 35.4 Å². The van der Waals surface area contributed by atoms with Crippen molar-refractivity contribution < 1.29 is 9.90 Å². The van der Waals surface area contributed by atoms with Crippen LogP contribution in [0, 0.1) is 0 Å². The maximum atomic E-state index is 10.9. The van der Waals surface area contributed by atoms with Gasteiger partial charge in [0, 0.05) is 19.5 Å². The van der Waals surface area contributed by atoms with E-state index in [0.29, 0.717) is 6.42 Å². The predicted octanol–water partition coefficient (Wildman–Crippen LogP) is -0.262. The molecule has 0 aromatic heterocycles. The summed E-state index contributed by atoms with van der Waals surface area (Å²) in [6.07, 6.45) is -0.0221. The number of carbonyl (C=O) groups is 1. The molecule has 1 fully saturated rings. The molecule has 4 nitrogen and oxygen atoms in total. The van der Waals surface area contributed by atoms with E-state index >= 15 is 0 Å². The summed E-state index contributed by atoms with van der Waals surface area (Å²) in [4.78, 5) is 12.2. The normalized spacial score (nSPS) is 33.9. The van der Waals surface area contributed by atoms with E-state index in [-0.39, 0.29) is 12.1 Å². The highest BCUT2D eigenvalue weighted by molar-refractivity contribution is 5.75. The number of hydrogen-bond acceptors (Lipinski definition) is 2. The van der Waals surface area contributed by atoms with E-state index in [0.717, 1.165) is 0 Å². The minimum atomic E-state index is -0.622. The number of aliphatic hydroxyl groups excluding tert-OH is 1. The van der Waals surface area contributed by atoms with Crippen molar-refractivity contribution in [2.45, 2.75) is 25.6 Å². The Labute approximate surface area is 59.8 Å². The standard InChI is InChI=1S/C6H12N2O2/c1-4-3-5(9)8(2)6(10)7-4/h4-5,9H,3H2,1-2H3,(H,7,10)/t4-,5-/m1/s1. The second-order valence-electron chi connectivity index (χ2n) is 2.68. The summed E-state index contributed by atoms with van der Waals surface area (Å²) in [5.74, 6) is 0. The number of rotatable bonds is 0. The highest BCUT2D eigenvalue weighted by atomic mass is 16.3. The molecule has 1 rings (SSSR count). The molecule has 1 saturated heterocycles. The molecule has 0 radical (unpaired) electrons. The minimum Gasteiger partial charge on any atom is -0.373 e. The smallest absolute Gasteiger partial charge is 0.319 e. The molecule has 1 aliphatic heterocycles. The van der Waals surface area contributed by atoms with Crippen LogP contribution in [-0.2, 0) is 0 Å². The number of nitrogens with zero attached hydrogens (tertiary/aromatic N) is 1. The Morgan fingerprint density at radius 2 is 2.40 bits per heavy atom. The van der Waals surface area contributed by atoms with Crippen molar-refractivity contribution in [1.82, 2.24) is 10.2 Å². The Morgan fingerprint density at radius 3 is 2.90 bits per heavy atom. The van der Waals surface area contributed by atoms with Gasteiger partial charge in [0.05, 0.1) is 0 Å². The Kier molecular flexibility index (Phi) is 1.80. The molecule has 1 aliphatic rings. The molecule has 0 bridgehead atoms. The van der Waals surface area contributed by atoms with Gasteiger partial charge in [-0.05, 0) is 6.92 Å². The fraction of sp³-hybridized carbons (Fsp3) is 0.833. The van der Waals surface area contributed by atoms with Gasteiger partial charge in [-0.15, -0.1) is 0 Å². The fourth-order valence-electron chi connectivity index (χ4n) is 0.981. The lowest BCUT2D eigenvalue weighted by atomic mass is 10.2. The molecular formula is C6H12N2O2. The van der Waals surface area contributed by atoms with Gasteiger partial charge in [-0.1, -0.05) is 0 Å². The van der Waals surface area contributed by atoms with Crippen LogP contribution in [0.15, 0.2) is 0 Å². The first-order chi connectivity index (χ1) is 4.61. The number of nitrogens with one attached hydrogen (secondary N) is 1. The van der Waals surface area contributed by atoms with Gasteiger partial charge < -0.3 is 15.3 Å². The lowest BCUT2D eigenvalue weighted by Crippen LogP contribution is -2.53. The van der Waals surface area contributed by atoms with E-state index in [1.165, 1.54) is 4.90 Å². The van der Waals surface area contributed by atoms with Crippen LogP contribution in [0.2, 0.25) is 0 Å². The molecule has 0 aromatic rings. The zero-order valence-electron chi connectivity index (χ0n) is 6.16. The van der Waals surface area contributed by atoms with Crippen molar-refractivity contribution in [3.63, 3.8) is 0 Å². The van der Waals surface area contributed by atoms with E-state index in [4.69, 9.17) is 0 Å². The lowest BCUT2D eigenvalue weighted by molar-refractivity contribution is 0.0164. The largest absolute Gasteiger partial charge is 0.373 e. The van der Waals surface area contributed by atoms with Crippen LogP contribution in [0.4, 0.5) is 4.79 Å². The summed E-state index contributed by atoms with van der Waals surface area (Å²) in [6, 6.07) is -0.120. The Balaban J connectivity index is 2.57. The highest BCUT2D eigenvalue weighted by Crippen LogP contribution is 2.08. The fourth-order valence-corrected chi connectivity index (χ4v) is 0.981. The molecule has 0 aliphatic carbocycles. The SMILES string of the molecule is C[C@@H]1C[C@@H](O)N(C)C(=O)N1. The molecule has 4 heteroatoms. The van der Waals surface area contributed by atoms with Crippen LogP contribution < -0.4 is 5.32 Å². The average molecular weight is 144 g/mol. The summed E-state index contributed by atoms with van der Waals surface area (Å²) < 4.78 is 0. The third-order valence-electron chi connectivity index (χ3n) is 1.70. The number of carbonyl (C=O) groups excluding carboxylic acids is 1. The zero-order valence-corrected chi connectivity index (χ0v) is 6.16.